The van der Waals surface area contributed by atoms with Crippen LogP contribution in [-0.4, -0.2) is 23.2 Å². The van der Waals surface area contributed by atoms with Crippen molar-refractivity contribution >= 4 is 23.2 Å². The molecule has 0 aromatic heterocycles. The number of carbonyl (C=O) groups is 1. The number of phenolic OH excluding ortho intramolecular Hbond substituents is 2. The second kappa shape index (κ2) is 5.71. The van der Waals surface area contributed by atoms with Gasteiger partial charge in [0.2, 0.25) is 0 Å². The van der Waals surface area contributed by atoms with E-state index in [4.69, 9.17) is 16.3 Å². The number of nitrogens with one attached hydrogen (secondary N) is 1. The molecule has 0 atom stereocenters. The fraction of sp³-hybridized carbons (Fsp3) is 0.0714. The number of aromatic hydroxyl groups is 2. The van der Waals surface area contributed by atoms with Crippen LogP contribution in [0.15, 0.2) is 36.4 Å². The summed E-state index contributed by atoms with van der Waals surface area (Å²) >= 11 is 5.95. The molecule has 5 nitrogen and oxygen atoms in total. The molecule has 2 aromatic rings. The number of para-hydroxylation sites is 1. The number of phenols is 2. The van der Waals surface area contributed by atoms with E-state index in [0.29, 0.717) is 16.5 Å². The normalized spacial score (nSPS) is 10.1. The summed E-state index contributed by atoms with van der Waals surface area (Å²) in [5.74, 6) is -0.889. The zero-order chi connectivity index (χ0) is 14.7. The predicted octanol–water partition coefficient (Wildman–Crippen LogP) is 3.01. The van der Waals surface area contributed by atoms with Gasteiger partial charge in [0.15, 0.2) is 11.5 Å². The van der Waals surface area contributed by atoms with Crippen molar-refractivity contribution in [1.29, 1.82) is 0 Å². The molecule has 0 aliphatic carbocycles. The largest absolute Gasteiger partial charge is 0.504 e. The molecule has 0 heterocycles. The van der Waals surface area contributed by atoms with Gasteiger partial charge in [-0.3, -0.25) is 4.79 Å². The van der Waals surface area contributed by atoms with Crippen molar-refractivity contribution in [1.82, 2.24) is 0 Å². The van der Waals surface area contributed by atoms with E-state index in [1.54, 1.807) is 12.1 Å². The molecule has 0 radical (unpaired) electrons. The van der Waals surface area contributed by atoms with E-state index in [-0.39, 0.29) is 11.3 Å². The van der Waals surface area contributed by atoms with Gasteiger partial charge in [-0.1, -0.05) is 17.7 Å². The Labute approximate surface area is 120 Å². The molecule has 2 rings (SSSR count). The molecule has 0 fully saturated rings. The highest BCUT2D eigenvalue weighted by atomic mass is 35.5. The fourth-order valence-corrected chi connectivity index (χ4v) is 1.91. The third-order valence-electron chi connectivity index (χ3n) is 2.67. The van der Waals surface area contributed by atoms with Crippen molar-refractivity contribution in [2.24, 2.45) is 0 Å². The Morgan fingerprint density at radius 3 is 2.65 bits per heavy atom. The molecule has 20 heavy (non-hydrogen) atoms. The molecule has 1 amide bonds. The molecule has 2 aromatic carbocycles. The first-order valence-electron chi connectivity index (χ1n) is 5.68. The van der Waals surface area contributed by atoms with E-state index in [9.17, 15) is 15.0 Å². The average Bonchev–Trinajstić information content (AvgIpc) is 2.42. The molecule has 104 valence electrons. The summed E-state index contributed by atoms with van der Waals surface area (Å²) in [5.41, 5.74) is 0.417. The predicted molar refractivity (Wildman–Crippen MR) is 75.7 cm³/mol. The summed E-state index contributed by atoms with van der Waals surface area (Å²) in [6.45, 7) is 0. The molecule has 0 bridgehead atoms. The molecule has 0 aliphatic rings. The topological polar surface area (TPSA) is 78.8 Å². The molecular weight excluding hydrogens is 282 g/mol. The van der Waals surface area contributed by atoms with Crippen LogP contribution in [0.4, 0.5) is 5.69 Å². The van der Waals surface area contributed by atoms with Gasteiger partial charge in [-0.15, -0.1) is 0 Å². The Morgan fingerprint density at radius 1 is 1.25 bits per heavy atom. The molecule has 0 unspecified atom stereocenters. The number of rotatable bonds is 3. The summed E-state index contributed by atoms with van der Waals surface area (Å²) < 4.78 is 5.01. The Hall–Kier alpha value is -2.40. The second-order valence-corrected chi connectivity index (χ2v) is 4.38. The number of methoxy groups -OCH3 is 1. The van der Waals surface area contributed by atoms with Crippen LogP contribution in [0.3, 0.4) is 0 Å². The van der Waals surface area contributed by atoms with Gasteiger partial charge >= 0.3 is 0 Å². The van der Waals surface area contributed by atoms with Crippen LogP contribution in [0.1, 0.15) is 10.4 Å². The Balaban J connectivity index is 2.24. The summed E-state index contributed by atoms with van der Waals surface area (Å²) in [6, 6.07) is 8.90. The molecule has 0 saturated heterocycles. The first kappa shape index (κ1) is 14.0. The maximum absolute atomic E-state index is 12.0. The van der Waals surface area contributed by atoms with E-state index in [1.165, 1.54) is 31.4 Å². The van der Waals surface area contributed by atoms with Gasteiger partial charge < -0.3 is 20.3 Å². The Bertz CT molecular complexity index is 658. The molecule has 6 heteroatoms. The van der Waals surface area contributed by atoms with Gasteiger partial charge in [0.1, 0.15) is 5.75 Å². The lowest BCUT2D eigenvalue weighted by atomic mass is 10.1. The number of halogens is 1. The van der Waals surface area contributed by atoms with Crippen molar-refractivity contribution < 1.29 is 19.7 Å². The minimum absolute atomic E-state index is 0.0306. The summed E-state index contributed by atoms with van der Waals surface area (Å²) in [7, 11) is 1.49. The minimum atomic E-state index is -0.556. The van der Waals surface area contributed by atoms with Crippen molar-refractivity contribution in [3.63, 3.8) is 0 Å². The number of anilines is 1. The van der Waals surface area contributed by atoms with E-state index in [1.807, 2.05) is 0 Å². The lowest BCUT2D eigenvalue weighted by Crippen LogP contribution is -2.12. The van der Waals surface area contributed by atoms with Gasteiger partial charge in [0.25, 0.3) is 5.91 Å². The number of hydrogen-bond acceptors (Lipinski definition) is 4. The smallest absolute Gasteiger partial charge is 0.259 e. The van der Waals surface area contributed by atoms with Gasteiger partial charge in [-0.05, 0) is 30.3 Å². The molecule has 0 aliphatic heterocycles. The average molecular weight is 294 g/mol. The van der Waals surface area contributed by atoms with Crippen LogP contribution < -0.4 is 10.1 Å². The zero-order valence-electron chi connectivity index (χ0n) is 10.6. The second-order valence-electron chi connectivity index (χ2n) is 3.98. The number of benzene rings is 2. The van der Waals surface area contributed by atoms with E-state index < -0.39 is 11.7 Å². The standard InChI is InChI=1S/C14H12ClNO4/c1-20-12-6-5-8(7-10(12)15)16-14(19)9-3-2-4-11(17)13(9)18/h2-7,17-18H,1H3,(H,16,19). The maximum atomic E-state index is 12.0. The number of carbonyl (C=O) groups excluding carboxylic acids is 1. The van der Waals surface area contributed by atoms with Crippen LogP contribution in [0.25, 0.3) is 0 Å². The van der Waals surface area contributed by atoms with Crippen LogP contribution >= 0.6 is 11.6 Å². The molecule has 0 spiro atoms. The molecule has 0 saturated carbocycles. The molecular formula is C14H12ClNO4. The van der Waals surface area contributed by atoms with Crippen LogP contribution in [0.5, 0.6) is 17.2 Å². The first-order chi connectivity index (χ1) is 9.52. The van der Waals surface area contributed by atoms with Gasteiger partial charge in [0.05, 0.1) is 17.7 Å². The molecule has 3 N–H and O–H groups in total. The van der Waals surface area contributed by atoms with Crippen molar-refractivity contribution in [2.45, 2.75) is 0 Å². The number of hydrogen-bond donors (Lipinski definition) is 3. The van der Waals surface area contributed by atoms with E-state index >= 15 is 0 Å². The lowest BCUT2D eigenvalue weighted by Gasteiger charge is -2.09. The highest BCUT2D eigenvalue weighted by Gasteiger charge is 2.14. The third kappa shape index (κ3) is 2.78. The van der Waals surface area contributed by atoms with Crippen LogP contribution in [-0.2, 0) is 0 Å². The quantitative estimate of drug-likeness (QED) is 0.760. The van der Waals surface area contributed by atoms with E-state index in [2.05, 4.69) is 5.32 Å². The lowest BCUT2D eigenvalue weighted by molar-refractivity contribution is 0.102. The Kier molecular flexibility index (Phi) is 4.00. The van der Waals surface area contributed by atoms with Gasteiger partial charge in [-0.2, -0.15) is 0 Å². The van der Waals surface area contributed by atoms with Gasteiger partial charge in [0, 0.05) is 5.69 Å². The van der Waals surface area contributed by atoms with Crippen LogP contribution in [0, 0.1) is 0 Å². The van der Waals surface area contributed by atoms with Crippen LogP contribution in [0.2, 0.25) is 5.02 Å². The summed E-state index contributed by atoms with van der Waals surface area (Å²) in [6.07, 6.45) is 0. The highest BCUT2D eigenvalue weighted by molar-refractivity contribution is 6.32. The zero-order valence-corrected chi connectivity index (χ0v) is 11.3. The first-order valence-corrected chi connectivity index (χ1v) is 6.06. The van der Waals surface area contributed by atoms with Crippen molar-refractivity contribution in [2.75, 3.05) is 12.4 Å². The summed E-state index contributed by atoms with van der Waals surface area (Å²) in [4.78, 5) is 12.0. The summed E-state index contributed by atoms with van der Waals surface area (Å²) in [5, 5.41) is 21.9. The minimum Gasteiger partial charge on any atom is -0.504 e. The van der Waals surface area contributed by atoms with Crippen molar-refractivity contribution in [3.05, 3.63) is 47.0 Å². The maximum Gasteiger partial charge on any atom is 0.259 e. The third-order valence-corrected chi connectivity index (χ3v) is 2.96. The SMILES string of the molecule is COc1ccc(NC(=O)c2cccc(O)c2O)cc1Cl. The van der Waals surface area contributed by atoms with E-state index in [0.717, 1.165) is 0 Å². The number of amides is 1. The monoisotopic (exact) mass is 293 g/mol. The fourth-order valence-electron chi connectivity index (χ4n) is 1.66. The van der Waals surface area contributed by atoms with Crippen molar-refractivity contribution in [3.8, 4) is 17.2 Å². The highest BCUT2D eigenvalue weighted by Crippen LogP contribution is 2.30. The number of ether oxygens (including phenoxy) is 1. The Morgan fingerprint density at radius 2 is 2.00 bits per heavy atom. The van der Waals surface area contributed by atoms with Gasteiger partial charge in [-0.25, -0.2) is 0 Å².